The molecule has 0 fully saturated rings. The summed E-state index contributed by atoms with van der Waals surface area (Å²) in [5.74, 6) is 0. The van der Waals surface area contributed by atoms with Crippen molar-refractivity contribution >= 4 is 23.1 Å². The van der Waals surface area contributed by atoms with Crippen molar-refractivity contribution in [1.29, 1.82) is 0 Å². The average molecular weight is 313 g/mol. The minimum atomic E-state index is 0.457. The van der Waals surface area contributed by atoms with E-state index in [0.29, 0.717) is 6.04 Å². The molecule has 2 nitrogen and oxygen atoms in total. The van der Waals surface area contributed by atoms with Gasteiger partial charge in [-0.1, -0.05) is 36.0 Å². The topological polar surface area (TPSA) is 3.24 Å². The second kappa shape index (κ2) is 5.98. The zero-order chi connectivity index (χ0) is 15.7. The van der Waals surface area contributed by atoms with Gasteiger partial charge >= 0.3 is 0 Å². The van der Waals surface area contributed by atoms with Gasteiger partial charge in [0, 0.05) is 9.79 Å². The summed E-state index contributed by atoms with van der Waals surface area (Å²) in [7, 11) is 4.63. The Kier molecular flexibility index (Phi) is 4.20. The van der Waals surface area contributed by atoms with Crippen LogP contribution in [-0.4, -0.2) is 37.7 Å². The summed E-state index contributed by atoms with van der Waals surface area (Å²) in [4.78, 5) is 5.24. The van der Waals surface area contributed by atoms with Gasteiger partial charge in [-0.2, -0.15) is 0 Å². The SMILES string of the molecule is CC[N+](C)(C)CC(C)N1c2ccccc2Sc2ccccc21. The number of rotatable bonds is 4. The van der Waals surface area contributed by atoms with Gasteiger partial charge in [0.05, 0.1) is 44.6 Å². The van der Waals surface area contributed by atoms with Gasteiger partial charge in [-0.05, 0) is 38.1 Å². The average Bonchev–Trinajstić information content (AvgIpc) is 2.52. The number of benzene rings is 2. The van der Waals surface area contributed by atoms with Crippen molar-refractivity contribution in [3.8, 4) is 0 Å². The van der Waals surface area contributed by atoms with Crippen LogP contribution in [0.25, 0.3) is 0 Å². The molecule has 0 amide bonds. The summed E-state index contributed by atoms with van der Waals surface area (Å²) in [5, 5.41) is 0. The van der Waals surface area contributed by atoms with Crippen LogP contribution in [0.1, 0.15) is 13.8 Å². The molecule has 0 aliphatic carbocycles. The third-order valence-electron chi connectivity index (χ3n) is 4.52. The van der Waals surface area contributed by atoms with Crippen LogP contribution in [0.3, 0.4) is 0 Å². The largest absolute Gasteiger partial charge is 0.331 e. The second-order valence-electron chi connectivity index (χ2n) is 6.69. The summed E-state index contributed by atoms with van der Waals surface area (Å²) in [5.41, 5.74) is 2.68. The van der Waals surface area contributed by atoms with Gasteiger partial charge in [-0.25, -0.2) is 0 Å². The quantitative estimate of drug-likeness (QED) is 0.748. The van der Waals surface area contributed by atoms with Crippen molar-refractivity contribution in [3.63, 3.8) is 0 Å². The van der Waals surface area contributed by atoms with Gasteiger partial charge in [-0.15, -0.1) is 0 Å². The van der Waals surface area contributed by atoms with Gasteiger partial charge in [0.1, 0.15) is 0 Å². The number of quaternary nitrogens is 1. The van der Waals surface area contributed by atoms with E-state index >= 15 is 0 Å². The van der Waals surface area contributed by atoms with Gasteiger partial charge < -0.3 is 9.38 Å². The molecule has 0 radical (unpaired) electrons. The number of para-hydroxylation sites is 2. The molecule has 1 unspecified atom stereocenters. The lowest BCUT2D eigenvalue weighted by Crippen LogP contribution is -2.49. The van der Waals surface area contributed by atoms with Crippen LogP contribution in [0, 0.1) is 0 Å². The second-order valence-corrected chi connectivity index (χ2v) is 7.77. The minimum absolute atomic E-state index is 0.457. The van der Waals surface area contributed by atoms with E-state index in [2.05, 4.69) is 81.4 Å². The van der Waals surface area contributed by atoms with E-state index in [4.69, 9.17) is 0 Å². The van der Waals surface area contributed by atoms with E-state index in [1.165, 1.54) is 21.2 Å². The Bertz CT molecular complexity index is 620. The third kappa shape index (κ3) is 2.88. The number of nitrogens with zero attached hydrogens (tertiary/aromatic N) is 2. The van der Waals surface area contributed by atoms with E-state index in [-0.39, 0.29) is 0 Å². The Morgan fingerprint density at radius 1 is 0.955 bits per heavy atom. The molecule has 1 atom stereocenters. The van der Waals surface area contributed by atoms with E-state index < -0.39 is 0 Å². The molecule has 0 aromatic heterocycles. The highest BCUT2D eigenvalue weighted by Crippen LogP contribution is 2.48. The first-order chi connectivity index (χ1) is 10.5. The number of hydrogen-bond acceptors (Lipinski definition) is 2. The highest BCUT2D eigenvalue weighted by molar-refractivity contribution is 7.99. The van der Waals surface area contributed by atoms with E-state index in [0.717, 1.165) is 17.6 Å². The Morgan fingerprint density at radius 2 is 1.45 bits per heavy atom. The molecular weight excluding hydrogens is 288 g/mol. The van der Waals surface area contributed by atoms with Crippen LogP contribution in [0.15, 0.2) is 58.3 Å². The van der Waals surface area contributed by atoms with E-state index in [1.807, 2.05) is 11.8 Å². The molecule has 2 aromatic carbocycles. The van der Waals surface area contributed by atoms with Crippen molar-refractivity contribution in [1.82, 2.24) is 0 Å². The fraction of sp³-hybridized carbons (Fsp3) is 0.368. The molecule has 0 N–H and O–H groups in total. The maximum atomic E-state index is 2.52. The maximum Gasteiger partial charge on any atom is 0.0990 e. The molecule has 0 bridgehead atoms. The molecule has 3 heteroatoms. The van der Waals surface area contributed by atoms with Gasteiger partial charge in [0.15, 0.2) is 0 Å². The number of hydrogen-bond donors (Lipinski definition) is 0. The molecule has 22 heavy (non-hydrogen) atoms. The van der Waals surface area contributed by atoms with Crippen LogP contribution < -0.4 is 4.90 Å². The zero-order valence-corrected chi connectivity index (χ0v) is 14.7. The summed E-state index contributed by atoms with van der Waals surface area (Å²) in [6, 6.07) is 18.0. The Hall–Kier alpha value is -1.45. The molecule has 0 saturated carbocycles. The number of anilines is 2. The molecule has 0 spiro atoms. The summed E-state index contributed by atoms with van der Waals surface area (Å²) >= 11 is 1.88. The number of fused-ring (bicyclic) bond motifs is 2. The fourth-order valence-corrected chi connectivity index (χ4v) is 4.21. The first kappa shape index (κ1) is 15.4. The smallest absolute Gasteiger partial charge is 0.0990 e. The van der Waals surface area contributed by atoms with Crippen LogP contribution in [0.2, 0.25) is 0 Å². The summed E-state index contributed by atoms with van der Waals surface area (Å²) in [6.07, 6.45) is 0. The normalized spacial score (nSPS) is 15.2. The standard InChI is InChI=1S/C19H25N2S/c1-5-21(3,4)14-15(2)20-16-10-6-8-12-18(16)22-19-13-9-7-11-17(19)20/h6-13,15H,5,14H2,1-4H3/q+1. The molecule has 1 aliphatic rings. The van der Waals surface area contributed by atoms with Crippen molar-refractivity contribution in [2.45, 2.75) is 29.7 Å². The highest BCUT2D eigenvalue weighted by Gasteiger charge is 2.29. The van der Waals surface area contributed by atoms with Crippen LogP contribution >= 0.6 is 11.8 Å². The first-order valence-electron chi connectivity index (χ1n) is 7.99. The van der Waals surface area contributed by atoms with Crippen molar-refractivity contribution in [2.75, 3.05) is 32.1 Å². The molecular formula is C19H25N2S+. The van der Waals surface area contributed by atoms with Crippen LogP contribution in [0.5, 0.6) is 0 Å². The van der Waals surface area contributed by atoms with Crippen LogP contribution in [0.4, 0.5) is 11.4 Å². The highest BCUT2D eigenvalue weighted by atomic mass is 32.2. The first-order valence-corrected chi connectivity index (χ1v) is 8.80. The lowest BCUT2D eigenvalue weighted by Gasteiger charge is -2.40. The van der Waals surface area contributed by atoms with Crippen molar-refractivity contribution < 1.29 is 4.48 Å². The Morgan fingerprint density at radius 3 is 1.95 bits per heavy atom. The van der Waals surface area contributed by atoms with Gasteiger partial charge in [-0.3, -0.25) is 0 Å². The lowest BCUT2D eigenvalue weighted by atomic mass is 10.1. The van der Waals surface area contributed by atoms with Gasteiger partial charge in [0.2, 0.25) is 0 Å². The van der Waals surface area contributed by atoms with E-state index in [1.54, 1.807) is 0 Å². The Labute approximate surface area is 138 Å². The fourth-order valence-electron chi connectivity index (χ4n) is 3.13. The van der Waals surface area contributed by atoms with E-state index in [9.17, 15) is 0 Å². The summed E-state index contributed by atoms with van der Waals surface area (Å²) in [6.45, 7) is 6.89. The molecule has 2 aromatic rings. The maximum absolute atomic E-state index is 2.52. The van der Waals surface area contributed by atoms with Crippen molar-refractivity contribution in [2.24, 2.45) is 0 Å². The monoisotopic (exact) mass is 313 g/mol. The number of likely N-dealkylation sites (N-methyl/N-ethyl adjacent to an activating group) is 1. The predicted molar refractivity (Wildman–Crippen MR) is 96.1 cm³/mol. The molecule has 0 saturated heterocycles. The Balaban J connectivity index is 2.03. The lowest BCUT2D eigenvalue weighted by molar-refractivity contribution is -0.889. The summed E-state index contributed by atoms with van der Waals surface area (Å²) < 4.78 is 1.04. The zero-order valence-electron chi connectivity index (χ0n) is 13.9. The van der Waals surface area contributed by atoms with Crippen molar-refractivity contribution in [3.05, 3.63) is 48.5 Å². The minimum Gasteiger partial charge on any atom is -0.331 e. The molecule has 3 rings (SSSR count). The van der Waals surface area contributed by atoms with Crippen LogP contribution in [-0.2, 0) is 0 Å². The third-order valence-corrected chi connectivity index (χ3v) is 5.66. The molecule has 116 valence electrons. The molecule has 1 aliphatic heterocycles. The van der Waals surface area contributed by atoms with Gasteiger partial charge in [0.25, 0.3) is 0 Å². The predicted octanol–water partition coefficient (Wildman–Crippen LogP) is 4.77. The molecule has 1 heterocycles.